The highest BCUT2D eigenvalue weighted by molar-refractivity contribution is 8.00. The van der Waals surface area contributed by atoms with E-state index in [2.05, 4.69) is 15.5 Å². The van der Waals surface area contributed by atoms with Crippen LogP contribution in [0.3, 0.4) is 0 Å². The van der Waals surface area contributed by atoms with Gasteiger partial charge in [-0.2, -0.15) is 0 Å². The molecule has 0 unspecified atom stereocenters. The number of nitrogens with one attached hydrogen (secondary N) is 1. The largest absolute Gasteiger partial charge is 0.496 e. The highest BCUT2D eigenvalue weighted by Gasteiger charge is 2.22. The summed E-state index contributed by atoms with van der Waals surface area (Å²) in [5.74, 6) is 0.789. The minimum atomic E-state index is -0.450. The molecular formula is C20H19Cl2N3O3S. The molecule has 0 radical (unpaired) electrons. The molecule has 29 heavy (non-hydrogen) atoms. The van der Waals surface area contributed by atoms with Crippen LogP contribution in [0.1, 0.15) is 25.5 Å². The van der Waals surface area contributed by atoms with Crippen LogP contribution < -0.4 is 10.1 Å². The summed E-state index contributed by atoms with van der Waals surface area (Å²) in [6, 6.07) is 12.3. The van der Waals surface area contributed by atoms with Gasteiger partial charge in [-0.1, -0.05) is 53.2 Å². The van der Waals surface area contributed by atoms with Gasteiger partial charge in [0.05, 0.1) is 24.0 Å². The smallest absolute Gasteiger partial charge is 0.277 e. The van der Waals surface area contributed by atoms with Crippen LogP contribution in [-0.4, -0.2) is 28.5 Å². The fraction of sp³-hybridized carbons (Fsp3) is 0.250. The zero-order valence-corrected chi connectivity index (χ0v) is 18.3. The lowest BCUT2D eigenvalue weighted by Crippen LogP contribution is -2.33. The number of hydrogen-bond acceptors (Lipinski definition) is 6. The van der Waals surface area contributed by atoms with Gasteiger partial charge in [0.1, 0.15) is 5.75 Å². The Balaban J connectivity index is 1.65. The van der Waals surface area contributed by atoms with E-state index in [1.807, 2.05) is 31.2 Å². The zero-order chi connectivity index (χ0) is 21.0. The molecule has 0 spiro atoms. The van der Waals surface area contributed by atoms with Gasteiger partial charge in [0, 0.05) is 10.0 Å². The Morgan fingerprint density at radius 3 is 2.66 bits per heavy atom. The Hall–Kier alpha value is -2.22. The van der Waals surface area contributed by atoms with E-state index in [9.17, 15) is 4.79 Å². The summed E-state index contributed by atoms with van der Waals surface area (Å²) in [6.07, 6.45) is 0. The molecule has 0 saturated carbocycles. The van der Waals surface area contributed by atoms with E-state index in [0.29, 0.717) is 32.5 Å². The van der Waals surface area contributed by atoms with Crippen molar-refractivity contribution in [2.24, 2.45) is 0 Å². The van der Waals surface area contributed by atoms with Gasteiger partial charge in [0.25, 0.3) is 11.1 Å². The van der Waals surface area contributed by atoms with E-state index in [-0.39, 0.29) is 11.9 Å². The molecule has 6 nitrogen and oxygen atoms in total. The molecule has 0 aliphatic carbocycles. The predicted octanol–water partition coefficient (Wildman–Crippen LogP) is 5.41. The fourth-order valence-electron chi connectivity index (χ4n) is 2.65. The molecule has 1 heterocycles. The molecule has 2 aromatic carbocycles. The maximum absolute atomic E-state index is 12.6. The van der Waals surface area contributed by atoms with Crippen LogP contribution in [0.5, 0.6) is 5.75 Å². The van der Waals surface area contributed by atoms with Gasteiger partial charge in [-0.05, 0) is 43.7 Å². The van der Waals surface area contributed by atoms with Crippen molar-refractivity contribution in [3.63, 3.8) is 0 Å². The number of carbonyl (C=O) groups is 1. The van der Waals surface area contributed by atoms with E-state index < -0.39 is 5.25 Å². The molecular weight excluding hydrogens is 433 g/mol. The maximum atomic E-state index is 12.6. The van der Waals surface area contributed by atoms with Crippen LogP contribution in [-0.2, 0) is 4.79 Å². The summed E-state index contributed by atoms with van der Waals surface area (Å²) in [5.41, 5.74) is 1.48. The summed E-state index contributed by atoms with van der Waals surface area (Å²) in [4.78, 5) is 12.6. The molecule has 0 aliphatic heterocycles. The quantitative estimate of drug-likeness (QED) is 0.483. The summed E-state index contributed by atoms with van der Waals surface area (Å²) in [7, 11) is 1.57. The summed E-state index contributed by atoms with van der Waals surface area (Å²) in [5, 5.41) is 11.9. The Labute approximate surface area is 182 Å². The average molecular weight is 452 g/mol. The molecule has 3 aromatic rings. The zero-order valence-electron chi connectivity index (χ0n) is 16.0. The Bertz CT molecular complexity index is 1010. The lowest BCUT2D eigenvalue weighted by Gasteiger charge is -2.18. The number of carbonyl (C=O) groups excluding carboxylic acids is 1. The number of para-hydroxylation sites is 1. The SMILES string of the molecule is COc1ccccc1-c1nnc(S[C@@H](C)C(=O)N[C@H](C)c2ccc(Cl)cc2Cl)o1. The summed E-state index contributed by atoms with van der Waals surface area (Å²) < 4.78 is 11.0. The number of amides is 1. The first kappa shape index (κ1) is 21.5. The van der Waals surface area contributed by atoms with Gasteiger partial charge in [0.15, 0.2) is 0 Å². The van der Waals surface area contributed by atoms with Gasteiger partial charge in [-0.3, -0.25) is 4.79 Å². The molecule has 1 aromatic heterocycles. The van der Waals surface area contributed by atoms with Gasteiger partial charge in [0.2, 0.25) is 5.91 Å². The van der Waals surface area contributed by atoms with Crippen molar-refractivity contribution in [2.45, 2.75) is 30.4 Å². The number of aromatic nitrogens is 2. The molecule has 9 heteroatoms. The second kappa shape index (κ2) is 9.52. The van der Waals surface area contributed by atoms with E-state index in [1.54, 1.807) is 32.2 Å². The third kappa shape index (κ3) is 5.23. The van der Waals surface area contributed by atoms with Crippen LogP contribution in [0.25, 0.3) is 11.5 Å². The predicted molar refractivity (Wildman–Crippen MR) is 115 cm³/mol. The normalized spacial score (nSPS) is 13.0. The Morgan fingerprint density at radius 2 is 1.93 bits per heavy atom. The minimum Gasteiger partial charge on any atom is -0.496 e. The van der Waals surface area contributed by atoms with Gasteiger partial charge in [-0.15, -0.1) is 10.2 Å². The summed E-state index contributed by atoms with van der Waals surface area (Å²) in [6.45, 7) is 3.63. The number of nitrogens with zero attached hydrogens (tertiary/aromatic N) is 2. The highest BCUT2D eigenvalue weighted by Crippen LogP contribution is 2.32. The number of ether oxygens (including phenoxy) is 1. The average Bonchev–Trinajstić information content (AvgIpc) is 3.15. The molecule has 0 aliphatic rings. The first-order chi connectivity index (χ1) is 13.9. The minimum absolute atomic E-state index is 0.175. The molecule has 0 saturated heterocycles. The van der Waals surface area contributed by atoms with Gasteiger partial charge in [-0.25, -0.2) is 0 Å². The first-order valence-electron chi connectivity index (χ1n) is 8.78. The third-order valence-electron chi connectivity index (χ3n) is 4.18. The van der Waals surface area contributed by atoms with Crippen LogP contribution in [0.2, 0.25) is 10.0 Å². The number of rotatable bonds is 7. The monoisotopic (exact) mass is 451 g/mol. The highest BCUT2D eigenvalue weighted by atomic mass is 35.5. The molecule has 2 atom stereocenters. The molecule has 152 valence electrons. The lowest BCUT2D eigenvalue weighted by atomic mass is 10.1. The number of benzene rings is 2. The van der Waals surface area contributed by atoms with Crippen LogP contribution in [0.4, 0.5) is 0 Å². The second-order valence-electron chi connectivity index (χ2n) is 6.23. The summed E-state index contributed by atoms with van der Waals surface area (Å²) >= 11 is 13.3. The molecule has 0 fully saturated rings. The van der Waals surface area contributed by atoms with Crippen molar-refractivity contribution in [3.8, 4) is 17.2 Å². The lowest BCUT2D eigenvalue weighted by molar-refractivity contribution is -0.120. The van der Waals surface area contributed by atoms with E-state index in [1.165, 1.54) is 11.8 Å². The van der Waals surface area contributed by atoms with Crippen LogP contribution in [0.15, 0.2) is 52.1 Å². The number of hydrogen-bond donors (Lipinski definition) is 1. The van der Waals surface area contributed by atoms with Crippen molar-refractivity contribution in [3.05, 3.63) is 58.1 Å². The molecule has 0 bridgehead atoms. The Morgan fingerprint density at radius 1 is 1.17 bits per heavy atom. The second-order valence-corrected chi connectivity index (χ2v) is 8.37. The fourth-order valence-corrected chi connectivity index (χ4v) is 3.92. The maximum Gasteiger partial charge on any atom is 0.277 e. The van der Waals surface area contributed by atoms with Crippen molar-refractivity contribution in [1.82, 2.24) is 15.5 Å². The van der Waals surface area contributed by atoms with E-state index in [0.717, 1.165) is 5.56 Å². The topological polar surface area (TPSA) is 77.2 Å². The van der Waals surface area contributed by atoms with Gasteiger partial charge < -0.3 is 14.5 Å². The molecule has 3 rings (SSSR count). The van der Waals surface area contributed by atoms with Gasteiger partial charge >= 0.3 is 0 Å². The number of halogens is 2. The van der Waals surface area contributed by atoms with E-state index >= 15 is 0 Å². The first-order valence-corrected chi connectivity index (χ1v) is 10.4. The van der Waals surface area contributed by atoms with Crippen molar-refractivity contribution in [1.29, 1.82) is 0 Å². The standard InChI is InChI=1S/C20H19Cl2N3O3S/c1-11(14-9-8-13(21)10-16(14)22)23-18(26)12(2)29-20-25-24-19(28-20)15-6-4-5-7-17(15)27-3/h4-12H,1-3H3,(H,23,26)/t11-,12+/m1/s1. The van der Waals surface area contributed by atoms with Crippen molar-refractivity contribution < 1.29 is 13.9 Å². The van der Waals surface area contributed by atoms with E-state index in [4.69, 9.17) is 32.4 Å². The van der Waals surface area contributed by atoms with Crippen LogP contribution in [0, 0.1) is 0 Å². The molecule has 1 N–H and O–H groups in total. The molecule has 1 amide bonds. The van der Waals surface area contributed by atoms with Crippen molar-refractivity contribution in [2.75, 3.05) is 7.11 Å². The van der Waals surface area contributed by atoms with Crippen LogP contribution >= 0.6 is 35.0 Å². The Kier molecular flexibility index (Phi) is 7.05. The number of methoxy groups -OCH3 is 1. The van der Waals surface area contributed by atoms with Crippen molar-refractivity contribution >= 4 is 40.9 Å². The number of thioether (sulfide) groups is 1. The third-order valence-corrected chi connectivity index (χ3v) is 5.68.